The van der Waals surface area contributed by atoms with Gasteiger partial charge in [0, 0.05) is 18.8 Å². The Morgan fingerprint density at radius 2 is 2.00 bits per heavy atom. The maximum atomic E-state index is 13.3. The van der Waals surface area contributed by atoms with Crippen LogP contribution in [-0.4, -0.2) is 25.8 Å². The van der Waals surface area contributed by atoms with Gasteiger partial charge in [-0.3, -0.25) is 0 Å². The van der Waals surface area contributed by atoms with Crippen LogP contribution in [0.15, 0.2) is 39.8 Å². The van der Waals surface area contributed by atoms with E-state index in [1.165, 1.54) is 28.6 Å². The number of rotatable bonds is 5. The van der Waals surface area contributed by atoms with Gasteiger partial charge >= 0.3 is 0 Å². The molecule has 1 aromatic carbocycles. The zero-order chi connectivity index (χ0) is 17.2. The molecule has 1 saturated heterocycles. The van der Waals surface area contributed by atoms with Crippen molar-refractivity contribution in [2.45, 2.75) is 24.5 Å². The molecule has 8 heteroatoms. The highest BCUT2D eigenvalue weighted by Crippen LogP contribution is 2.23. The van der Waals surface area contributed by atoms with Crippen LogP contribution in [0.4, 0.5) is 10.1 Å². The molecule has 0 unspecified atom stereocenters. The normalized spacial score (nSPS) is 15.3. The minimum atomic E-state index is -3.57. The van der Waals surface area contributed by atoms with Crippen molar-refractivity contribution >= 4 is 15.7 Å². The highest BCUT2D eigenvalue weighted by Gasteiger charge is 2.29. The molecule has 6 nitrogen and oxygen atoms in total. The maximum absolute atomic E-state index is 13.3. The average molecular weight is 349 g/mol. The molecule has 0 atom stereocenters. The first-order valence-corrected chi connectivity index (χ1v) is 8.97. The predicted octanol–water partition coefficient (Wildman–Crippen LogP) is 2.69. The van der Waals surface area contributed by atoms with E-state index in [4.69, 9.17) is 9.68 Å². The summed E-state index contributed by atoms with van der Waals surface area (Å²) in [6.07, 6.45) is 1.72. The third-order valence-corrected chi connectivity index (χ3v) is 5.62. The number of hydrogen-bond donors (Lipinski definition) is 1. The lowest BCUT2D eigenvalue weighted by molar-refractivity contribution is 0.392. The Bertz CT molecular complexity index is 880. The molecule has 1 fully saturated rings. The van der Waals surface area contributed by atoms with Crippen LogP contribution in [0.3, 0.4) is 0 Å². The minimum absolute atomic E-state index is 0.0586. The van der Waals surface area contributed by atoms with Crippen molar-refractivity contribution < 1.29 is 17.2 Å². The fourth-order valence-corrected chi connectivity index (χ4v) is 4.00. The number of benzene rings is 1. The van der Waals surface area contributed by atoms with Crippen LogP contribution in [0.2, 0.25) is 0 Å². The summed E-state index contributed by atoms with van der Waals surface area (Å²) in [6, 6.07) is 8.89. The molecule has 0 spiro atoms. The highest BCUT2D eigenvalue weighted by atomic mass is 32.2. The van der Waals surface area contributed by atoms with Crippen LogP contribution in [0, 0.1) is 17.1 Å². The highest BCUT2D eigenvalue weighted by molar-refractivity contribution is 7.89. The lowest BCUT2D eigenvalue weighted by Gasteiger charge is -2.12. The molecule has 24 heavy (non-hydrogen) atoms. The number of nitrogens with zero attached hydrogens (tertiary/aromatic N) is 2. The second kappa shape index (κ2) is 6.63. The van der Waals surface area contributed by atoms with Gasteiger partial charge in [0.2, 0.25) is 5.09 Å². The topological polar surface area (TPSA) is 86.3 Å². The summed E-state index contributed by atoms with van der Waals surface area (Å²) in [5.74, 6) is -0.143. The first-order chi connectivity index (χ1) is 11.5. The molecule has 1 aliphatic rings. The Morgan fingerprint density at radius 3 is 2.71 bits per heavy atom. The second-order valence-corrected chi connectivity index (χ2v) is 7.36. The zero-order valence-electron chi connectivity index (χ0n) is 12.8. The van der Waals surface area contributed by atoms with Crippen molar-refractivity contribution in [3.05, 3.63) is 47.5 Å². The van der Waals surface area contributed by atoms with Gasteiger partial charge in [0.05, 0.1) is 12.1 Å². The van der Waals surface area contributed by atoms with E-state index in [1.807, 2.05) is 0 Å². The molecule has 2 aromatic rings. The summed E-state index contributed by atoms with van der Waals surface area (Å²) in [6.45, 7) is 1.26. The van der Waals surface area contributed by atoms with Crippen molar-refractivity contribution in [3.8, 4) is 6.07 Å². The predicted molar refractivity (Wildman–Crippen MR) is 85.1 cm³/mol. The lowest BCUT2D eigenvalue weighted by atomic mass is 10.2. The van der Waals surface area contributed by atoms with Gasteiger partial charge in [-0.1, -0.05) is 0 Å². The van der Waals surface area contributed by atoms with E-state index in [-0.39, 0.29) is 17.2 Å². The monoisotopic (exact) mass is 349 g/mol. The van der Waals surface area contributed by atoms with E-state index in [0.717, 1.165) is 12.8 Å². The quantitative estimate of drug-likeness (QED) is 0.897. The Hall–Kier alpha value is -2.37. The van der Waals surface area contributed by atoms with Gasteiger partial charge in [-0.15, -0.1) is 0 Å². The van der Waals surface area contributed by atoms with Gasteiger partial charge in [-0.25, -0.2) is 12.8 Å². The summed E-state index contributed by atoms with van der Waals surface area (Å²) in [5, 5.41) is 11.7. The molecule has 0 saturated carbocycles. The molecule has 1 aromatic heterocycles. The second-order valence-electron chi connectivity index (χ2n) is 5.49. The Balaban J connectivity index is 1.69. The number of hydrogen-bond acceptors (Lipinski definition) is 5. The summed E-state index contributed by atoms with van der Waals surface area (Å²) in [7, 11) is -3.57. The molecule has 1 N–H and O–H groups in total. The molecular weight excluding hydrogens is 333 g/mol. The molecule has 3 rings (SSSR count). The van der Waals surface area contributed by atoms with Gasteiger partial charge in [0.25, 0.3) is 10.0 Å². The van der Waals surface area contributed by atoms with Crippen LogP contribution in [0.1, 0.15) is 24.2 Å². The third-order valence-electron chi connectivity index (χ3n) is 3.85. The summed E-state index contributed by atoms with van der Waals surface area (Å²) >= 11 is 0. The molecule has 126 valence electrons. The van der Waals surface area contributed by atoms with Crippen LogP contribution in [0.5, 0.6) is 0 Å². The van der Waals surface area contributed by atoms with E-state index in [9.17, 15) is 12.8 Å². The SMILES string of the molecule is N#Cc1cc(NCc2ccc(S(=O)(=O)N3CCCC3)o2)ccc1F. The van der Waals surface area contributed by atoms with Crippen molar-refractivity contribution in [3.63, 3.8) is 0 Å². The molecule has 0 radical (unpaired) electrons. The van der Waals surface area contributed by atoms with E-state index in [0.29, 0.717) is 24.5 Å². The number of nitrogens with one attached hydrogen (secondary N) is 1. The fraction of sp³-hybridized carbons (Fsp3) is 0.312. The lowest BCUT2D eigenvalue weighted by Crippen LogP contribution is -2.27. The zero-order valence-corrected chi connectivity index (χ0v) is 13.6. The summed E-state index contributed by atoms with van der Waals surface area (Å²) < 4.78 is 44.9. The number of anilines is 1. The largest absolute Gasteiger partial charge is 0.446 e. The number of halogens is 1. The Morgan fingerprint density at radius 1 is 1.25 bits per heavy atom. The molecule has 2 heterocycles. The Labute approximate surface area is 139 Å². The van der Waals surface area contributed by atoms with Crippen LogP contribution in [0.25, 0.3) is 0 Å². The number of furan rings is 1. The molecular formula is C16H16FN3O3S. The molecule has 0 amide bonds. The van der Waals surface area contributed by atoms with E-state index >= 15 is 0 Å². The minimum Gasteiger partial charge on any atom is -0.446 e. The number of sulfonamides is 1. The Kier molecular flexibility index (Phi) is 4.55. The van der Waals surface area contributed by atoms with Crippen LogP contribution in [-0.2, 0) is 16.6 Å². The van der Waals surface area contributed by atoms with E-state index in [2.05, 4.69) is 5.32 Å². The molecule has 0 aliphatic carbocycles. The van der Waals surface area contributed by atoms with E-state index < -0.39 is 15.8 Å². The first kappa shape index (κ1) is 16.5. The van der Waals surface area contributed by atoms with Gasteiger partial charge < -0.3 is 9.73 Å². The average Bonchev–Trinajstić information content (AvgIpc) is 3.26. The third kappa shape index (κ3) is 3.27. The van der Waals surface area contributed by atoms with Gasteiger partial charge in [0.15, 0.2) is 0 Å². The van der Waals surface area contributed by atoms with Crippen molar-refractivity contribution in [1.29, 1.82) is 5.26 Å². The smallest absolute Gasteiger partial charge is 0.276 e. The molecule has 1 aliphatic heterocycles. The van der Waals surface area contributed by atoms with Crippen molar-refractivity contribution in [2.75, 3.05) is 18.4 Å². The molecule has 0 bridgehead atoms. The van der Waals surface area contributed by atoms with Crippen LogP contribution < -0.4 is 5.32 Å². The summed E-state index contributed by atoms with van der Waals surface area (Å²) in [5.41, 5.74) is 0.491. The summed E-state index contributed by atoms with van der Waals surface area (Å²) in [4.78, 5) is 0. The van der Waals surface area contributed by atoms with Gasteiger partial charge in [0.1, 0.15) is 17.6 Å². The van der Waals surface area contributed by atoms with Gasteiger partial charge in [-0.05, 0) is 43.2 Å². The first-order valence-electron chi connectivity index (χ1n) is 7.53. The van der Waals surface area contributed by atoms with Crippen molar-refractivity contribution in [1.82, 2.24) is 4.31 Å². The maximum Gasteiger partial charge on any atom is 0.276 e. The standard InChI is InChI=1S/C16H16FN3O3S/c17-15-5-3-13(9-12(15)10-18)19-11-14-4-6-16(23-14)24(21,22)20-7-1-2-8-20/h3-6,9,19H,1-2,7-8,11H2. The number of nitriles is 1. The fourth-order valence-electron chi connectivity index (χ4n) is 2.56. The van der Waals surface area contributed by atoms with Crippen molar-refractivity contribution in [2.24, 2.45) is 0 Å². The van der Waals surface area contributed by atoms with E-state index in [1.54, 1.807) is 12.1 Å². The van der Waals surface area contributed by atoms with Crippen LogP contribution >= 0.6 is 0 Å². The van der Waals surface area contributed by atoms with Gasteiger partial charge in [-0.2, -0.15) is 9.57 Å².